The average molecular weight is 289 g/mol. The summed E-state index contributed by atoms with van der Waals surface area (Å²) in [4.78, 5) is 23.3. The summed E-state index contributed by atoms with van der Waals surface area (Å²) in [6.45, 7) is 6.84. The molecule has 5 nitrogen and oxygen atoms in total. The van der Waals surface area contributed by atoms with Crippen LogP contribution in [-0.4, -0.2) is 22.2 Å². The topological polar surface area (TPSA) is 68.5 Å². The lowest BCUT2D eigenvalue weighted by molar-refractivity contribution is 0.0696. The second kappa shape index (κ2) is 5.99. The van der Waals surface area contributed by atoms with Crippen LogP contribution in [0.3, 0.4) is 0 Å². The van der Waals surface area contributed by atoms with Gasteiger partial charge in [-0.15, -0.1) is 0 Å². The Morgan fingerprint density at radius 2 is 2.05 bits per heavy atom. The van der Waals surface area contributed by atoms with Crippen molar-refractivity contribution < 1.29 is 14.6 Å². The van der Waals surface area contributed by atoms with E-state index < -0.39 is 5.97 Å². The first-order valence-corrected chi connectivity index (χ1v) is 6.97. The first-order valence-electron chi connectivity index (χ1n) is 6.97. The third-order valence-electron chi connectivity index (χ3n) is 3.14. The highest BCUT2D eigenvalue weighted by atomic mass is 16.5. The quantitative estimate of drug-likeness (QED) is 0.919. The van der Waals surface area contributed by atoms with Gasteiger partial charge in [-0.05, 0) is 31.0 Å². The average Bonchev–Trinajstić information content (AvgIpc) is 2.41. The van der Waals surface area contributed by atoms with Crippen molar-refractivity contribution in [2.45, 2.75) is 27.3 Å². The molecule has 0 unspecified atom stereocenters. The molecular weight excluding hydrogens is 270 g/mol. The zero-order valence-electron chi connectivity index (χ0n) is 12.4. The van der Waals surface area contributed by atoms with Crippen molar-refractivity contribution in [1.82, 2.24) is 4.57 Å². The smallest absolute Gasteiger partial charge is 0.335 e. The van der Waals surface area contributed by atoms with E-state index in [1.165, 1.54) is 12.1 Å². The van der Waals surface area contributed by atoms with Crippen LogP contribution in [0, 0.1) is 5.92 Å². The molecule has 1 N–H and O–H groups in total. The fourth-order valence-corrected chi connectivity index (χ4v) is 2.34. The lowest BCUT2D eigenvalue weighted by Gasteiger charge is -2.16. The predicted octanol–water partition coefficient (Wildman–Crippen LogP) is 2.75. The van der Waals surface area contributed by atoms with Gasteiger partial charge in [0, 0.05) is 18.0 Å². The molecule has 112 valence electrons. The number of carbonyl (C=O) groups is 1. The van der Waals surface area contributed by atoms with Crippen LogP contribution >= 0.6 is 0 Å². The molecule has 0 aliphatic rings. The first-order chi connectivity index (χ1) is 9.93. The van der Waals surface area contributed by atoms with Crippen LogP contribution in [0.1, 0.15) is 31.1 Å². The Kier molecular flexibility index (Phi) is 4.31. The van der Waals surface area contributed by atoms with Gasteiger partial charge in [-0.1, -0.05) is 13.8 Å². The number of pyridine rings is 1. The van der Waals surface area contributed by atoms with Crippen molar-refractivity contribution in [3.63, 3.8) is 0 Å². The highest BCUT2D eigenvalue weighted by molar-refractivity contribution is 5.96. The number of benzene rings is 1. The number of rotatable bonds is 5. The van der Waals surface area contributed by atoms with E-state index in [1.807, 2.05) is 20.8 Å². The number of aromatic carboxylic acids is 1. The van der Waals surface area contributed by atoms with Gasteiger partial charge in [0.1, 0.15) is 5.75 Å². The zero-order chi connectivity index (χ0) is 15.6. The van der Waals surface area contributed by atoms with E-state index in [9.17, 15) is 14.7 Å². The van der Waals surface area contributed by atoms with E-state index in [0.717, 1.165) is 0 Å². The Bertz CT molecular complexity index is 731. The van der Waals surface area contributed by atoms with E-state index >= 15 is 0 Å². The second-order valence-electron chi connectivity index (χ2n) is 5.33. The van der Waals surface area contributed by atoms with Gasteiger partial charge in [0.2, 0.25) is 0 Å². The Labute approximate surface area is 122 Å². The SMILES string of the molecule is CCOc1cc(C(=O)O)cc2ccc(=O)n(CC(C)C)c12. The van der Waals surface area contributed by atoms with Crippen molar-refractivity contribution >= 4 is 16.9 Å². The number of carboxylic acid groups (broad SMARTS) is 1. The van der Waals surface area contributed by atoms with Crippen LogP contribution in [0.5, 0.6) is 5.75 Å². The molecule has 0 fully saturated rings. The minimum Gasteiger partial charge on any atom is -0.492 e. The maximum absolute atomic E-state index is 12.1. The maximum Gasteiger partial charge on any atom is 0.335 e. The molecule has 2 rings (SSSR count). The summed E-state index contributed by atoms with van der Waals surface area (Å²) >= 11 is 0. The minimum atomic E-state index is -1.01. The summed E-state index contributed by atoms with van der Waals surface area (Å²) in [5.41, 5.74) is 0.698. The van der Waals surface area contributed by atoms with E-state index in [2.05, 4.69) is 0 Å². The van der Waals surface area contributed by atoms with Gasteiger partial charge in [0.05, 0.1) is 17.7 Å². The van der Waals surface area contributed by atoms with Crippen molar-refractivity contribution in [3.8, 4) is 5.75 Å². The Hall–Kier alpha value is -2.30. The third-order valence-corrected chi connectivity index (χ3v) is 3.14. The molecule has 0 aliphatic heterocycles. The molecule has 21 heavy (non-hydrogen) atoms. The maximum atomic E-state index is 12.1. The van der Waals surface area contributed by atoms with E-state index in [0.29, 0.717) is 35.7 Å². The van der Waals surface area contributed by atoms with E-state index in [4.69, 9.17) is 4.74 Å². The fraction of sp³-hybridized carbons (Fsp3) is 0.375. The van der Waals surface area contributed by atoms with Crippen LogP contribution in [-0.2, 0) is 6.54 Å². The Morgan fingerprint density at radius 3 is 2.62 bits per heavy atom. The van der Waals surface area contributed by atoms with Gasteiger partial charge < -0.3 is 14.4 Å². The molecule has 1 heterocycles. The van der Waals surface area contributed by atoms with Crippen LogP contribution in [0.2, 0.25) is 0 Å². The Morgan fingerprint density at radius 1 is 1.33 bits per heavy atom. The number of nitrogens with zero attached hydrogens (tertiary/aromatic N) is 1. The third kappa shape index (κ3) is 3.07. The van der Waals surface area contributed by atoms with Gasteiger partial charge in [-0.25, -0.2) is 4.79 Å². The number of carboxylic acids is 1. The molecule has 1 aromatic carbocycles. The summed E-state index contributed by atoms with van der Waals surface area (Å²) in [7, 11) is 0. The highest BCUT2D eigenvalue weighted by Gasteiger charge is 2.14. The Balaban J connectivity index is 2.80. The minimum absolute atomic E-state index is 0.111. The number of aromatic nitrogens is 1. The lowest BCUT2D eigenvalue weighted by atomic mass is 10.1. The van der Waals surface area contributed by atoms with E-state index in [1.54, 1.807) is 16.7 Å². The molecule has 0 radical (unpaired) electrons. The molecule has 2 aromatic rings. The molecule has 0 saturated carbocycles. The molecule has 5 heteroatoms. The molecule has 0 spiro atoms. The standard InChI is InChI=1S/C16H19NO4/c1-4-21-13-8-12(16(19)20)7-11-5-6-14(18)17(15(11)13)9-10(2)3/h5-8,10H,4,9H2,1-3H3,(H,19,20). The molecule has 0 bridgehead atoms. The molecule has 0 amide bonds. The summed E-state index contributed by atoms with van der Waals surface area (Å²) in [6, 6.07) is 6.15. The van der Waals surface area contributed by atoms with Gasteiger partial charge in [0.15, 0.2) is 0 Å². The first kappa shape index (κ1) is 15.1. The number of hydrogen-bond donors (Lipinski definition) is 1. The monoisotopic (exact) mass is 289 g/mol. The van der Waals surface area contributed by atoms with Crippen LogP contribution in [0.25, 0.3) is 10.9 Å². The number of ether oxygens (including phenoxy) is 1. The van der Waals surface area contributed by atoms with Crippen molar-refractivity contribution in [2.75, 3.05) is 6.61 Å². The van der Waals surface area contributed by atoms with Gasteiger partial charge in [-0.2, -0.15) is 0 Å². The molecule has 1 aromatic heterocycles. The van der Waals surface area contributed by atoms with Crippen LogP contribution in [0.4, 0.5) is 0 Å². The normalized spacial score (nSPS) is 11.0. The second-order valence-corrected chi connectivity index (χ2v) is 5.33. The predicted molar refractivity (Wildman–Crippen MR) is 81.2 cm³/mol. The van der Waals surface area contributed by atoms with Gasteiger partial charge >= 0.3 is 5.97 Å². The summed E-state index contributed by atoms with van der Waals surface area (Å²) in [5.74, 6) is -0.285. The number of hydrogen-bond acceptors (Lipinski definition) is 3. The summed E-state index contributed by atoms with van der Waals surface area (Å²) in [5, 5.41) is 9.88. The van der Waals surface area contributed by atoms with Gasteiger partial charge in [0.25, 0.3) is 5.56 Å². The summed E-state index contributed by atoms with van der Waals surface area (Å²) < 4.78 is 7.21. The van der Waals surface area contributed by atoms with Crippen molar-refractivity contribution in [1.29, 1.82) is 0 Å². The highest BCUT2D eigenvalue weighted by Crippen LogP contribution is 2.27. The van der Waals surface area contributed by atoms with E-state index in [-0.39, 0.29) is 11.1 Å². The van der Waals surface area contributed by atoms with Crippen molar-refractivity contribution in [2.24, 2.45) is 5.92 Å². The van der Waals surface area contributed by atoms with Crippen LogP contribution in [0.15, 0.2) is 29.1 Å². The molecule has 0 saturated heterocycles. The molecule has 0 aliphatic carbocycles. The number of fused-ring (bicyclic) bond motifs is 1. The summed E-state index contributed by atoms with van der Waals surface area (Å²) in [6.07, 6.45) is 0. The lowest BCUT2D eigenvalue weighted by Crippen LogP contribution is -2.22. The van der Waals surface area contributed by atoms with Crippen molar-refractivity contribution in [3.05, 3.63) is 40.2 Å². The van der Waals surface area contributed by atoms with Gasteiger partial charge in [-0.3, -0.25) is 4.79 Å². The molecule has 0 atom stereocenters. The van der Waals surface area contributed by atoms with Crippen LogP contribution < -0.4 is 10.3 Å². The fourth-order valence-electron chi connectivity index (χ4n) is 2.34. The molecular formula is C16H19NO4. The largest absolute Gasteiger partial charge is 0.492 e. The zero-order valence-corrected chi connectivity index (χ0v) is 12.4.